The number of carbonyl (C=O) groups excluding carboxylic acids is 3. The molecule has 4 rings (SSSR count). The second-order valence-electron chi connectivity index (χ2n) is 10.1. The number of anilines is 2. The lowest BCUT2D eigenvalue weighted by Crippen LogP contribution is -2.28. The van der Waals surface area contributed by atoms with Gasteiger partial charge in [0.05, 0.1) is 5.92 Å². The standard InChI is InChI=1S/C31H34N2O5/c1-19(2)26-14-9-20(3)15-27(26)38-25-12-10-24(11-13-25)33-17-23(16-29(33)35)31(36)37-18-28(34)32-30-21(4)7-6-8-22(30)5/h6-15,19,23H,16-18H2,1-5H3,(H,32,34)/t23-/m0/s1. The Bertz CT molecular complexity index is 1330. The third kappa shape index (κ3) is 6.22. The molecule has 0 bridgehead atoms. The number of hydrogen-bond donors (Lipinski definition) is 1. The molecule has 3 aromatic carbocycles. The van der Waals surface area contributed by atoms with Crippen molar-refractivity contribution >= 4 is 29.2 Å². The summed E-state index contributed by atoms with van der Waals surface area (Å²) in [6, 6.07) is 19.1. The topological polar surface area (TPSA) is 84.9 Å². The van der Waals surface area contributed by atoms with E-state index >= 15 is 0 Å². The van der Waals surface area contributed by atoms with Crippen LogP contribution in [0.2, 0.25) is 0 Å². The van der Waals surface area contributed by atoms with Crippen LogP contribution in [0.5, 0.6) is 11.5 Å². The first-order chi connectivity index (χ1) is 18.1. The zero-order valence-electron chi connectivity index (χ0n) is 22.5. The average molecular weight is 515 g/mol. The number of aryl methyl sites for hydroxylation is 3. The molecule has 0 aromatic heterocycles. The number of esters is 1. The summed E-state index contributed by atoms with van der Waals surface area (Å²) in [7, 11) is 0. The van der Waals surface area contributed by atoms with Gasteiger partial charge in [0.1, 0.15) is 11.5 Å². The lowest BCUT2D eigenvalue weighted by atomic mass is 10.0. The Morgan fingerprint density at radius 1 is 1.00 bits per heavy atom. The van der Waals surface area contributed by atoms with Crippen LogP contribution >= 0.6 is 0 Å². The van der Waals surface area contributed by atoms with E-state index in [1.807, 2.05) is 69.3 Å². The van der Waals surface area contributed by atoms with Crippen molar-refractivity contribution in [3.63, 3.8) is 0 Å². The lowest BCUT2D eigenvalue weighted by molar-refractivity contribution is -0.151. The smallest absolute Gasteiger partial charge is 0.311 e. The molecule has 1 N–H and O–H groups in total. The summed E-state index contributed by atoms with van der Waals surface area (Å²) in [5.41, 5.74) is 5.49. The quantitative estimate of drug-likeness (QED) is 0.369. The molecule has 0 spiro atoms. The number of amides is 2. The summed E-state index contributed by atoms with van der Waals surface area (Å²) in [5.74, 6) is 0.0307. The van der Waals surface area contributed by atoms with Gasteiger partial charge in [-0.15, -0.1) is 0 Å². The number of carbonyl (C=O) groups is 3. The number of nitrogens with one attached hydrogen (secondary N) is 1. The Kier molecular flexibility index (Phi) is 8.15. The maximum Gasteiger partial charge on any atom is 0.311 e. The van der Waals surface area contributed by atoms with Crippen molar-refractivity contribution in [3.8, 4) is 11.5 Å². The van der Waals surface area contributed by atoms with E-state index in [2.05, 4.69) is 31.3 Å². The van der Waals surface area contributed by atoms with Crippen molar-refractivity contribution in [3.05, 3.63) is 82.9 Å². The largest absolute Gasteiger partial charge is 0.457 e. The molecule has 1 saturated heterocycles. The van der Waals surface area contributed by atoms with Crippen LogP contribution in [0.1, 0.15) is 48.4 Å². The van der Waals surface area contributed by atoms with Crippen molar-refractivity contribution in [2.24, 2.45) is 5.92 Å². The predicted octanol–water partition coefficient (Wildman–Crippen LogP) is 6.06. The molecule has 0 unspecified atom stereocenters. The average Bonchev–Trinajstić information content (AvgIpc) is 3.27. The van der Waals surface area contributed by atoms with Crippen LogP contribution in [-0.4, -0.2) is 30.9 Å². The molecule has 38 heavy (non-hydrogen) atoms. The molecule has 3 aromatic rings. The first-order valence-electron chi connectivity index (χ1n) is 12.8. The molecule has 0 radical (unpaired) electrons. The molecular formula is C31H34N2O5. The monoisotopic (exact) mass is 514 g/mol. The third-order valence-electron chi connectivity index (χ3n) is 6.72. The zero-order chi connectivity index (χ0) is 27.4. The lowest BCUT2D eigenvalue weighted by Gasteiger charge is -2.18. The van der Waals surface area contributed by atoms with Crippen LogP contribution in [0, 0.1) is 26.7 Å². The Balaban J connectivity index is 1.34. The van der Waals surface area contributed by atoms with E-state index in [-0.39, 0.29) is 18.9 Å². The van der Waals surface area contributed by atoms with Crippen LogP contribution in [0.15, 0.2) is 60.7 Å². The fourth-order valence-corrected chi connectivity index (χ4v) is 4.58. The van der Waals surface area contributed by atoms with Crippen molar-refractivity contribution in [1.82, 2.24) is 0 Å². The Morgan fingerprint density at radius 3 is 2.34 bits per heavy atom. The summed E-state index contributed by atoms with van der Waals surface area (Å²) < 4.78 is 11.4. The summed E-state index contributed by atoms with van der Waals surface area (Å²) in [6.07, 6.45) is 0.0383. The second kappa shape index (κ2) is 11.5. The number of para-hydroxylation sites is 1. The number of rotatable bonds is 8. The maximum atomic E-state index is 12.7. The maximum absolute atomic E-state index is 12.7. The van der Waals surface area contributed by atoms with Crippen LogP contribution in [-0.2, 0) is 19.1 Å². The van der Waals surface area contributed by atoms with Gasteiger partial charge >= 0.3 is 5.97 Å². The van der Waals surface area contributed by atoms with Crippen LogP contribution < -0.4 is 15.0 Å². The van der Waals surface area contributed by atoms with Crippen molar-refractivity contribution < 1.29 is 23.9 Å². The highest BCUT2D eigenvalue weighted by atomic mass is 16.5. The van der Waals surface area contributed by atoms with Gasteiger partial charge in [-0.05, 0) is 79.3 Å². The van der Waals surface area contributed by atoms with Crippen LogP contribution in [0.4, 0.5) is 11.4 Å². The third-order valence-corrected chi connectivity index (χ3v) is 6.72. The van der Waals surface area contributed by atoms with Gasteiger partial charge in [0.2, 0.25) is 5.91 Å². The van der Waals surface area contributed by atoms with E-state index in [9.17, 15) is 14.4 Å². The Labute approximate surface area is 223 Å². The van der Waals surface area contributed by atoms with Crippen LogP contribution in [0.25, 0.3) is 0 Å². The normalized spacial score (nSPS) is 15.1. The molecule has 1 fully saturated rings. The molecule has 1 aliphatic rings. The number of ether oxygens (including phenoxy) is 2. The molecule has 1 aliphatic heterocycles. The second-order valence-corrected chi connectivity index (χ2v) is 10.1. The van der Waals surface area contributed by atoms with E-state index < -0.39 is 24.4 Å². The van der Waals surface area contributed by atoms with Gasteiger partial charge in [0.15, 0.2) is 6.61 Å². The highest BCUT2D eigenvalue weighted by molar-refractivity contribution is 6.00. The minimum Gasteiger partial charge on any atom is -0.457 e. The minimum absolute atomic E-state index is 0.0383. The summed E-state index contributed by atoms with van der Waals surface area (Å²) >= 11 is 0. The molecule has 1 atom stereocenters. The van der Waals surface area contributed by atoms with E-state index in [1.165, 1.54) is 0 Å². The molecule has 1 heterocycles. The first kappa shape index (κ1) is 26.9. The molecule has 2 amide bonds. The Morgan fingerprint density at radius 2 is 1.68 bits per heavy atom. The number of benzene rings is 3. The van der Waals surface area contributed by atoms with Gasteiger partial charge in [-0.2, -0.15) is 0 Å². The first-order valence-corrected chi connectivity index (χ1v) is 12.8. The molecule has 7 heteroatoms. The van der Waals surface area contributed by atoms with Crippen molar-refractivity contribution in [2.75, 3.05) is 23.4 Å². The van der Waals surface area contributed by atoms with E-state index in [0.717, 1.165) is 28.0 Å². The molecule has 0 aliphatic carbocycles. The molecule has 0 saturated carbocycles. The van der Waals surface area contributed by atoms with E-state index in [4.69, 9.17) is 9.47 Å². The summed E-state index contributed by atoms with van der Waals surface area (Å²) in [6.45, 7) is 9.87. The van der Waals surface area contributed by atoms with Crippen LogP contribution in [0.3, 0.4) is 0 Å². The van der Waals surface area contributed by atoms with Crippen molar-refractivity contribution in [1.29, 1.82) is 0 Å². The van der Waals surface area contributed by atoms with E-state index in [0.29, 0.717) is 23.0 Å². The van der Waals surface area contributed by atoms with Gasteiger partial charge in [-0.3, -0.25) is 14.4 Å². The molecule has 7 nitrogen and oxygen atoms in total. The Hall–Kier alpha value is -4.13. The molecule has 198 valence electrons. The predicted molar refractivity (Wildman–Crippen MR) is 148 cm³/mol. The number of nitrogens with zero attached hydrogens (tertiary/aromatic N) is 1. The van der Waals surface area contributed by atoms with Gasteiger partial charge in [-0.25, -0.2) is 0 Å². The number of hydrogen-bond acceptors (Lipinski definition) is 5. The van der Waals surface area contributed by atoms with Crippen molar-refractivity contribution in [2.45, 2.75) is 47.0 Å². The van der Waals surface area contributed by atoms with E-state index in [1.54, 1.807) is 4.90 Å². The summed E-state index contributed by atoms with van der Waals surface area (Å²) in [4.78, 5) is 39.2. The fourth-order valence-electron chi connectivity index (χ4n) is 4.58. The van der Waals surface area contributed by atoms with Gasteiger partial charge < -0.3 is 19.7 Å². The highest BCUT2D eigenvalue weighted by Gasteiger charge is 2.36. The minimum atomic E-state index is -0.632. The van der Waals surface area contributed by atoms with Gasteiger partial charge in [-0.1, -0.05) is 44.2 Å². The zero-order valence-corrected chi connectivity index (χ0v) is 22.5. The highest BCUT2D eigenvalue weighted by Crippen LogP contribution is 2.33. The SMILES string of the molecule is Cc1ccc(C(C)C)c(Oc2ccc(N3C[C@@H](C(=O)OCC(=O)Nc4c(C)cccc4C)CC3=O)cc2)c1. The van der Waals surface area contributed by atoms with Gasteiger partial charge in [0, 0.05) is 24.3 Å². The van der Waals surface area contributed by atoms with Gasteiger partial charge in [0.25, 0.3) is 5.91 Å². The fraction of sp³-hybridized carbons (Fsp3) is 0.323. The summed E-state index contributed by atoms with van der Waals surface area (Å²) in [5, 5.41) is 2.80. The molecular weight excluding hydrogens is 480 g/mol.